The maximum Gasteiger partial charge on any atom is 0.0568 e. The third-order valence-electron chi connectivity index (χ3n) is 3.47. The molecular weight excluding hydrogens is 290 g/mol. The fraction of sp³-hybridized carbons (Fsp3) is 0.357. The molecule has 3 rings (SSSR count). The predicted molar refractivity (Wildman–Crippen MR) is 76.5 cm³/mol. The van der Waals surface area contributed by atoms with Crippen molar-refractivity contribution in [3.8, 4) is 11.1 Å². The van der Waals surface area contributed by atoms with Crippen molar-refractivity contribution in [1.29, 1.82) is 0 Å². The maximum atomic E-state index is 4.53. The van der Waals surface area contributed by atoms with Gasteiger partial charge in [0, 0.05) is 16.2 Å². The Morgan fingerprint density at radius 1 is 1.22 bits per heavy atom. The van der Waals surface area contributed by atoms with Crippen LogP contribution >= 0.6 is 15.9 Å². The van der Waals surface area contributed by atoms with Crippen LogP contribution in [0.2, 0.25) is 0 Å². The van der Waals surface area contributed by atoms with Gasteiger partial charge >= 0.3 is 0 Å². The Morgan fingerprint density at radius 2 is 2.00 bits per heavy atom. The number of hydrogen-bond donors (Lipinski definition) is 1. The standard InChI is InChI=1S/C14H16BrN3/c15-14-4-2-1-3-13(14)11-9-17-18(10-11)12-5-7-16-8-6-12/h1-4,9-10,12,16H,5-8H2. The summed E-state index contributed by atoms with van der Waals surface area (Å²) in [5.74, 6) is 0. The molecule has 0 amide bonds. The minimum Gasteiger partial charge on any atom is -0.317 e. The van der Waals surface area contributed by atoms with E-state index in [0.29, 0.717) is 6.04 Å². The third-order valence-corrected chi connectivity index (χ3v) is 4.16. The first-order valence-corrected chi connectivity index (χ1v) is 7.13. The number of aromatic nitrogens is 2. The highest BCUT2D eigenvalue weighted by Crippen LogP contribution is 2.29. The molecule has 1 saturated heterocycles. The lowest BCUT2D eigenvalue weighted by molar-refractivity contribution is 0.343. The van der Waals surface area contributed by atoms with Crippen LogP contribution in [0.25, 0.3) is 11.1 Å². The van der Waals surface area contributed by atoms with Crippen molar-refractivity contribution < 1.29 is 0 Å². The van der Waals surface area contributed by atoms with Crippen molar-refractivity contribution >= 4 is 15.9 Å². The molecule has 0 spiro atoms. The van der Waals surface area contributed by atoms with E-state index in [1.165, 1.54) is 11.1 Å². The maximum absolute atomic E-state index is 4.53. The Labute approximate surface area is 115 Å². The SMILES string of the molecule is Brc1ccccc1-c1cnn(C2CCNCC2)c1. The summed E-state index contributed by atoms with van der Waals surface area (Å²) in [7, 11) is 0. The summed E-state index contributed by atoms with van der Waals surface area (Å²) in [6.45, 7) is 2.18. The molecule has 1 aliphatic rings. The summed E-state index contributed by atoms with van der Waals surface area (Å²) in [5, 5.41) is 7.91. The number of benzene rings is 1. The molecular formula is C14H16BrN3. The summed E-state index contributed by atoms with van der Waals surface area (Å²) >= 11 is 3.59. The van der Waals surface area contributed by atoms with Crippen LogP contribution in [0.5, 0.6) is 0 Å². The predicted octanol–water partition coefficient (Wildman–Crippen LogP) is 3.24. The van der Waals surface area contributed by atoms with E-state index in [0.717, 1.165) is 30.4 Å². The third kappa shape index (κ3) is 2.35. The van der Waals surface area contributed by atoms with Gasteiger partial charge in [-0.1, -0.05) is 34.1 Å². The molecule has 0 unspecified atom stereocenters. The molecule has 3 nitrogen and oxygen atoms in total. The average Bonchev–Trinajstić information content (AvgIpc) is 2.90. The summed E-state index contributed by atoms with van der Waals surface area (Å²) in [6, 6.07) is 8.82. The zero-order valence-corrected chi connectivity index (χ0v) is 11.7. The molecule has 2 heterocycles. The topological polar surface area (TPSA) is 29.9 Å². The van der Waals surface area contributed by atoms with Crippen LogP contribution < -0.4 is 5.32 Å². The van der Waals surface area contributed by atoms with Crippen LogP contribution in [0.4, 0.5) is 0 Å². The van der Waals surface area contributed by atoms with Crippen molar-refractivity contribution in [2.24, 2.45) is 0 Å². The molecule has 4 heteroatoms. The van der Waals surface area contributed by atoms with Crippen LogP contribution in [-0.2, 0) is 0 Å². The molecule has 0 saturated carbocycles. The van der Waals surface area contributed by atoms with Crippen molar-refractivity contribution in [2.75, 3.05) is 13.1 Å². The quantitative estimate of drug-likeness (QED) is 0.923. The molecule has 0 radical (unpaired) electrons. The smallest absolute Gasteiger partial charge is 0.0568 e. The molecule has 0 aliphatic carbocycles. The van der Waals surface area contributed by atoms with Gasteiger partial charge in [-0.2, -0.15) is 5.10 Å². The van der Waals surface area contributed by atoms with E-state index in [1.807, 2.05) is 12.3 Å². The van der Waals surface area contributed by atoms with Crippen LogP contribution in [-0.4, -0.2) is 22.9 Å². The number of nitrogens with one attached hydrogen (secondary N) is 1. The highest BCUT2D eigenvalue weighted by atomic mass is 79.9. The second kappa shape index (κ2) is 5.24. The van der Waals surface area contributed by atoms with E-state index in [9.17, 15) is 0 Å². The lowest BCUT2D eigenvalue weighted by Gasteiger charge is -2.22. The van der Waals surface area contributed by atoms with Crippen LogP contribution in [0, 0.1) is 0 Å². The summed E-state index contributed by atoms with van der Waals surface area (Å²) < 4.78 is 3.24. The molecule has 0 bridgehead atoms. The Balaban J connectivity index is 1.87. The minimum absolute atomic E-state index is 0.544. The minimum atomic E-state index is 0.544. The Hall–Kier alpha value is -1.13. The van der Waals surface area contributed by atoms with Crippen molar-refractivity contribution in [3.63, 3.8) is 0 Å². The number of rotatable bonds is 2. The molecule has 1 aliphatic heterocycles. The second-order valence-corrected chi connectivity index (χ2v) is 5.52. The molecule has 1 aromatic heterocycles. The van der Waals surface area contributed by atoms with E-state index in [2.05, 4.69) is 55.4 Å². The highest BCUT2D eigenvalue weighted by molar-refractivity contribution is 9.10. The second-order valence-electron chi connectivity index (χ2n) is 4.67. The van der Waals surface area contributed by atoms with Gasteiger partial charge < -0.3 is 5.32 Å². The van der Waals surface area contributed by atoms with Crippen molar-refractivity contribution in [2.45, 2.75) is 18.9 Å². The van der Waals surface area contributed by atoms with Gasteiger partial charge in [0.25, 0.3) is 0 Å². The lowest BCUT2D eigenvalue weighted by atomic mass is 10.1. The number of nitrogens with zero attached hydrogens (tertiary/aromatic N) is 2. The van der Waals surface area contributed by atoms with E-state index in [1.54, 1.807) is 0 Å². The van der Waals surface area contributed by atoms with E-state index in [-0.39, 0.29) is 0 Å². The zero-order valence-electron chi connectivity index (χ0n) is 10.1. The Bertz CT molecular complexity index is 529. The number of hydrogen-bond acceptors (Lipinski definition) is 2. The van der Waals surface area contributed by atoms with E-state index >= 15 is 0 Å². The Kier molecular flexibility index (Phi) is 3.48. The van der Waals surface area contributed by atoms with Gasteiger partial charge in [-0.05, 0) is 37.6 Å². The number of piperidine rings is 1. The van der Waals surface area contributed by atoms with E-state index < -0.39 is 0 Å². The largest absolute Gasteiger partial charge is 0.317 e. The van der Waals surface area contributed by atoms with Gasteiger partial charge in [-0.15, -0.1) is 0 Å². The van der Waals surface area contributed by atoms with Crippen molar-refractivity contribution in [3.05, 3.63) is 41.1 Å². The fourth-order valence-corrected chi connectivity index (χ4v) is 2.96. The zero-order chi connectivity index (χ0) is 12.4. The van der Waals surface area contributed by atoms with Crippen molar-refractivity contribution in [1.82, 2.24) is 15.1 Å². The first-order valence-electron chi connectivity index (χ1n) is 6.34. The molecule has 1 N–H and O–H groups in total. The van der Waals surface area contributed by atoms with Gasteiger partial charge in [0.15, 0.2) is 0 Å². The van der Waals surface area contributed by atoms with Crippen LogP contribution in [0.1, 0.15) is 18.9 Å². The van der Waals surface area contributed by atoms with Gasteiger partial charge in [0.1, 0.15) is 0 Å². The first kappa shape index (κ1) is 11.9. The van der Waals surface area contributed by atoms with Crippen LogP contribution in [0.15, 0.2) is 41.1 Å². The summed E-state index contributed by atoms with van der Waals surface area (Å²) in [6.07, 6.45) is 6.45. The number of halogens is 1. The van der Waals surface area contributed by atoms with Gasteiger partial charge in [0.2, 0.25) is 0 Å². The lowest BCUT2D eigenvalue weighted by Crippen LogP contribution is -2.29. The monoisotopic (exact) mass is 305 g/mol. The first-order chi connectivity index (χ1) is 8.84. The normalized spacial score (nSPS) is 16.9. The molecule has 1 aromatic carbocycles. The fourth-order valence-electron chi connectivity index (χ4n) is 2.44. The molecule has 0 atom stereocenters. The Morgan fingerprint density at radius 3 is 2.78 bits per heavy atom. The summed E-state index contributed by atoms with van der Waals surface area (Å²) in [4.78, 5) is 0. The van der Waals surface area contributed by atoms with E-state index in [4.69, 9.17) is 0 Å². The average molecular weight is 306 g/mol. The van der Waals surface area contributed by atoms with Crippen LogP contribution in [0.3, 0.4) is 0 Å². The molecule has 18 heavy (non-hydrogen) atoms. The summed E-state index contributed by atoms with van der Waals surface area (Å²) in [5.41, 5.74) is 2.39. The van der Waals surface area contributed by atoms with Gasteiger partial charge in [-0.25, -0.2) is 0 Å². The molecule has 2 aromatic rings. The highest BCUT2D eigenvalue weighted by Gasteiger charge is 2.16. The van der Waals surface area contributed by atoms with Gasteiger partial charge in [-0.3, -0.25) is 4.68 Å². The molecule has 94 valence electrons. The molecule has 1 fully saturated rings. The van der Waals surface area contributed by atoms with Gasteiger partial charge in [0.05, 0.1) is 12.2 Å².